The van der Waals surface area contributed by atoms with Crippen LogP contribution in [0.4, 0.5) is 8.78 Å². The first-order valence-electron chi connectivity index (χ1n) is 9.29. The van der Waals surface area contributed by atoms with Crippen LogP contribution in [0.1, 0.15) is 38.0 Å². The van der Waals surface area contributed by atoms with Gasteiger partial charge < -0.3 is 0 Å². The molecule has 0 aliphatic rings. The third kappa shape index (κ3) is 5.78. The first-order chi connectivity index (χ1) is 13.9. The summed E-state index contributed by atoms with van der Waals surface area (Å²) in [5, 5.41) is -1.74. The van der Waals surface area contributed by atoms with Gasteiger partial charge in [0, 0.05) is 17.1 Å². The summed E-state index contributed by atoms with van der Waals surface area (Å²) in [5.74, 6) is -2.35. The summed E-state index contributed by atoms with van der Waals surface area (Å²) in [6, 6.07) is 8.05. The van der Waals surface area contributed by atoms with Crippen LogP contribution < -0.4 is 4.72 Å². The van der Waals surface area contributed by atoms with E-state index in [1.807, 2.05) is 0 Å². The van der Waals surface area contributed by atoms with Crippen molar-refractivity contribution in [1.82, 2.24) is 4.72 Å². The van der Waals surface area contributed by atoms with Gasteiger partial charge in [-0.3, -0.25) is 0 Å². The third-order valence-electron chi connectivity index (χ3n) is 4.78. The molecule has 0 fully saturated rings. The molecular formula is C20H24ClF2NO4S2. The van der Waals surface area contributed by atoms with Gasteiger partial charge >= 0.3 is 0 Å². The summed E-state index contributed by atoms with van der Waals surface area (Å²) in [6.45, 7) is 4.56. The van der Waals surface area contributed by atoms with E-state index in [0.29, 0.717) is 5.02 Å². The van der Waals surface area contributed by atoms with Crippen molar-refractivity contribution in [3.8, 4) is 0 Å². The number of rotatable bonds is 9. The van der Waals surface area contributed by atoms with E-state index >= 15 is 0 Å². The standard InChI is InChI=1S/C20H24ClF2NO4S2/c1-13(2)30(27,28)24-11-10-14(3)20(18-12-16(22)6-9-19(18)23)29(25,26)17-7-4-15(21)5-8-17/h4-9,12-14,20,24H,10-11H2,1-3H3. The van der Waals surface area contributed by atoms with Gasteiger partial charge in [0.25, 0.3) is 0 Å². The summed E-state index contributed by atoms with van der Waals surface area (Å²) >= 11 is 5.83. The van der Waals surface area contributed by atoms with Crippen LogP contribution >= 0.6 is 11.6 Å². The Hall–Kier alpha value is -1.55. The SMILES string of the molecule is CC(CCNS(=O)(=O)C(C)C)C(c1cc(F)ccc1F)S(=O)(=O)c1ccc(Cl)cc1. The van der Waals surface area contributed by atoms with E-state index in [2.05, 4.69) is 4.72 Å². The average Bonchev–Trinajstić information content (AvgIpc) is 2.64. The average molecular weight is 480 g/mol. The van der Waals surface area contributed by atoms with E-state index in [-0.39, 0.29) is 23.4 Å². The Morgan fingerprint density at radius 1 is 0.967 bits per heavy atom. The molecule has 2 unspecified atom stereocenters. The molecule has 0 saturated heterocycles. The van der Waals surface area contributed by atoms with E-state index in [1.54, 1.807) is 6.92 Å². The Labute approximate surface area is 181 Å². The Balaban J connectivity index is 2.44. The lowest BCUT2D eigenvalue weighted by molar-refractivity contribution is 0.465. The van der Waals surface area contributed by atoms with Gasteiger partial charge in [-0.15, -0.1) is 0 Å². The highest BCUT2D eigenvalue weighted by Gasteiger charge is 2.36. The van der Waals surface area contributed by atoms with Crippen LogP contribution in [-0.2, 0) is 19.9 Å². The van der Waals surface area contributed by atoms with Gasteiger partial charge in [-0.25, -0.2) is 30.3 Å². The van der Waals surface area contributed by atoms with Crippen molar-refractivity contribution in [2.24, 2.45) is 5.92 Å². The normalized spacial score (nSPS) is 14.6. The molecule has 30 heavy (non-hydrogen) atoms. The van der Waals surface area contributed by atoms with Gasteiger partial charge in [0.15, 0.2) is 9.84 Å². The maximum absolute atomic E-state index is 14.5. The summed E-state index contributed by atoms with van der Waals surface area (Å²) in [4.78, 5) is -0.0878. The zero-order valence-corrected chi connectivity index (χ0v) is 19.2. The fourth-order valence-corrected chi connectivity index (χ4v) is 5.96. The lowest BCUT2D eigenvalue weighted by Crippen LogP contribution is -2.33. The predicted molar refractivity (Wildman–Crippen MR) is 114 cm³/mol. The maximum Gasteiger partial charge on any atom is 0.213 e. The van der Waals surface area contributed by atoms with Gasteiger partial charge in [0.05, 0.1) is 15.4 Å². The third-order valence-corrected chi connectivity index (χ3v) is 9.20. The van der Waals surface area contributed by atoms with Gasteiger partial charge in [0.1, 0.15) is 11.6 Å². The number of benzene rings is 2. The highest BCUT2D eigenvalue weighted by Crippen LogP contribution is 2.38. The molecular weight excluding hydrogens is 456 g/mol. The summed E-state index contributed by atoms with van der Waals surface area (Å²) < 4.78 is 81.4. The minimum absolute atomic E-state index is 0.0365. The number of halogens is 3. The molecule has 1 N–H and O–H groups in total. The number of nitrogens with one attached hydrogen (secondary N) is 1. The molecule has 0 bridgehead atoms. The highest BCUT2D eigenvalue weighted by molar-refractivity contribution is 7.91. The Bertz CT molecular complexity index is 1090. The number of sulfonamides is 1. The molecule has 0 amide bonds. The van der Waals surface area contributed by atoms with Gasteiger partial charge in [0.2, 0.25) is 10.0 Å². The lowest BCUT2D eigenvalue weighted by atomic mass is 9.97. The summed E-state index contributed by atoms with van der Waals surface area (Å²) in [7, 11) is -7.67. The van der Waals surface area contributed by atoms with E-state index in [0.717, 1.165) is 18.2 Å². The van der Waals surface area contributed by atoms with Crippen molar-refractivity contribution in [2.75, 3.05) is 6.54 Å². The predicted octanol–water partition coefficient (Wildman–Crippen LogP) is 4.49. The lowest BCUT2D eigenvalue weighted by Gasteiger charge is -2.25. The molecule has 10 heteroatoms. The molecule has 0 aliphatic carbocycles. The van der Waals surface area contributed by atoms with Crippen molar-refractivity contribution in [3.63, 3.8) is 0 Å². The van der Waals surface area contributed by atoms with Crippen LogP contribution in [0, 0.1) is 17.6 Å². The largest absolute Gasteiger partial charge is 0.223 e. The molecule has 2 rings (SSSR count). The van der Waals surface area contributed by atoms with Crippen LogP contribution in [0.3, 0.4) is 0 Å². The highest BCUT2D eigenvalue weighted by atomic mass is 35.5. The first kappa shape index (κ1) is 24.7. The summed E-state index contributed by atoms with van der Waals surface area (Å²) in [6.07, 6.45) is 0.0966. The number of hydrogen-bond acceptors (Lipinski definition) is 4. The fraction of sp³-hybridized carbons (Fsp3) is 0.400. The molecule has 0 heterocycles. The maximum atomic E-state index is 14.5. The topological polar surface area (TPSA) is 80.3 Å². The van der Waals surface area contributed by atoms with Crippen molar-refractivity contribution < 1.29 is 25.6 Å². The second kappa shape index (κ2) is 9.72. The quantitative estimate of drug-likeness (QED) is 0.574. The van der Waals surface area contributed by atoms with E-state index in [1.165, 1.54) is 38.1 Å². The minimum atomic E-state index is -4.13. The minimum Gasteiger partial charge on any atom is -0.223 e. The Kier molecular flexibility index (Phi) is 8.01. The fourth-order valence-electron chi connectivity index (χ4n) is 3.03. The van der Waals surface area contributed by atoms with Gasteiger partial charge in [-0.1, -0.05) is 18.5 Å². The molecule has 2 aromatic carbocycles. The molecule has 166 valence electrons. The first-order valence-corrected chi connectivity index (χ1v) is 12.8. The van der Waals surface area contributed by atoms with Crippen LogP contribution in [0.15, 0.2) is 47.4 Å². The van der Waals surface area contributed by atoms with Crippen molar-refractivity contribution in [3.05, 3.63) is 64.7 Å². The zero-order chi connectivity index (χ0) is 22.7. The Morgan fingerprint density at radius 2 is 1.57 bits per heavy atom. The molecule has 2 aromatic rings. The zero-order valence-electron chi connectivity index (χ0n) is 16.8. The monoisotopic (exact) mass is 479 g/mol. The van der Waals surface area contributed by atoms with E-state index in [9.17, 15) is 25.6 Å². The van der Waals surface area contributed by atoms with E-state index < -0.39 is 47.9 Å². The van der Waals surface area contributed by atoms with Crippen molar-refractivity contribution >= 4 is 31.5 Å². The van der Waals surface area contributed by atoms with Crippen LogP contribution in [-0.4, -0.2) is 28.6 Å². The van der Waals surface area contributed by atoms with Crippen LogP contribution in [0.2, 0.25) is 5.02 Å². The molecule has 0 saturated carbocycles. The number of sulfone groups is 1. The summed E-state index contributed by atoms with van der Waals surface area (Å²) in [5.41, 5.74) is -0.302. The second-order valence-electron chi connectivity index (χ2n) is 7.34. The smallest absolute Gasteiger partial charge is 0.213 e. The number of hydrogen-bond donors (Lipinski definition) is 1. The van der Waals surface area contributed by atoms with Crippen LogP contribution in [0.5, 0.6) is 0 Å². The van der Waals surface area contributed by atoms with Crippen molar-refractivity contribution in [1.29, 1.82) is 0 Å². The van der Waals surface area contributed by atoms with Gasteiger partial charge in [-0.05, 0) is 68.7 Å². The molecule has 5 nitrogen and oxygen atoms in total. The Morgan fingerprint density at radius 3 is 2.13 bits per heavy atom. The second-order valence-corrected chi connectivity index (χ2v) is 12.2. The molecule has 2 atom stereocenters. The molecule has 0 radical (unpaired) electrons. The molecule has 0 spiro atoms. The van der Waals surface area contributed by atoms with Crippen molar-refractivity contribution in [2.45, 2.75) is 42.6 Å². The van der Waals surface area contributed by atoms with Gasteiger partial charge in [-0.2, -0.15) is 0 Å². The van der Waals surface area contributed by atoms with E-state index in [4.69, 9.17) is 11.6 Å². The molecule has 0 aliphatic heterocycles. The molecule has 0 aromatic heterocycles. The van der Waals surface area contributed by atoms with Crippen LogP contribution in [0.25, 0.3) is 0 Å².